The molecule has 2 heteroatoms. The SMILES string of the molecule is CC1(C)OCCC1NC1CC=CCC1. The third-order valence-electron chi connectivity index (χ3n) is 3.43. The molecule has 1 aliphatic heterocycles. The minimum absolute atomic E-state index is 0.0289. The van der Waals surface area contributed by atoms with Crippen LogP contribution in [-0.4, -0.2) is 24.3 Å². The van der Waals surface area contributed by atoms with E-state index in [1.807, 2.05) is 0 Å². The summed E-state index contributed by atoms with van der Waals surface area (Å²) in [7, 11) is 0. The lowest BCUT2D eigenvalue weighted by atomic mass is 9.95. The van der Waals surface area contributed by atoms with Crippen molar-refractivity contribution in [2.24, 2.45) is 0 Å². The van der Waals surface area contributed by atoms with E-state index in [9.17, 15) is 0 Å². The van der Waals surface area contributed by atoms with Crippen LogP contribution in [0.3, 0.4) is 0 Å². The molecule has 0 spiro atoms. The van der Waals surface area contributed by atoms with Gasteiger partial charge in [-0.05, 0) is 39.5 Å². The Bertz CT molecular complexity index is 222. The minimum atomic E-state index is 0.0289. The van der Waals surface area contributed by atoms with Gasteiger partial charge in [-0.2, -0.15) is 0 Å². The van der Waals surface area contributed by atoms with Gasteiger partial charge in [0.25, 0.3) is 0 Å². The zero-order chi connectivity index (χ0) is 10.0. The molecular weight excluding hydrogens is 174 g/mol. The highest BCUT2D eigenvalue weighted by Crippen LogP contribution is 2.26. The van der Waals surface area contributed by atoms with Crippen LogP contribution in [0.2, 0.25) is 0 Å². The second-order valence-corrected chi connectivity index (χ2v) is 4.94. The van der Waals surface area contributed by atoms with Gasteiger partial charge in [0.2, 0.25) is 0 Å². The van der Waals surface area contributed by atoms with E-state index in [-0.39, 0.29) is 5.60 Å². The molecule has 2 atom stereocenters. The lowest BCUT2D eigenvalue weighted by Crippen LogP contribution is -2.48. The van der Waals surface area contributed by atoms with Gasteiger partial charge in [-0.1, -0.05) is 12.2 Å². The van der Waals surface area contributed by atoms with Gasteiger partial charge in [0.1, 0.15) is 0 Å². The molecule has 1 N–H and O–H groups in total. The highest BCUT2D eigenvalue weighted by molar-refractivity contribution is 4.97. The molecule has 0 amide bonds. The maximum atomic E-state index is 5.71. The van der Waals surface area contributed by atoms with E-state index in [2.05, 4.69) is 31.3 Å². The Labute approximate surface area is 86.7 Å². The number of rotatable bonds is 2. The van der Waals surface area contributed by atoms with Gasteiger partial charge in [0.15, 0.2) is 0 Å². The molecule has 2 rings (SSSR count). The fraction of sp³-hybridized carbons (Fsp3) is 0.833. The first-order chi connectivity index (χ1) is 6.68. The molecular formula is C12H21NO. The van der Waals surface area contributed by atoms with Crippen LogP contribution >= 0.6 is 0 Å². The van der Waals surface area contributed by atoms with Crippen LogP contribution < -0.4 is 5.32 Å². The lowest BCUT2D eigenvalue weighted by Gasteiger charge is -2.31. The van der Waals surface area contributed by atoms with Gasteiger partial charge in [0.05, 0.1) is 5.60 Å². The van der Waals surface area contributed by atoms with Crippen LogP contribution in [0.15, 0.2) is 12.2 Å². The number of allylic oxidation sites excluding steroid dienone is 1. The van der Waals surface area contributed by atoms with Crippen molar-refractivity contribution in [3.8, 4) is 0 Å². The first-order valence-corrected chi connectivity index (χ1v) is 5.73. The second-order valence-electron chi connectivity index (χ2n) is 4.94. The first-order valence-electron chi connectivity index (χ1n) is 5.73. The van der Waals surface area contributed by atoms with E-state index < -0.39 is 0 Å². The van der Waals surface area contributed by atoms with Gasteiger partial charge in [-0.25, -0.2) is 0 Å². The summed E-state index contributed by atoms with van der Waals surface area (Å²) in [6, 6.07) is 1.21. The fourth-order valence-electron chi connectivity index (χ4n) is 2.40. The number of nitrogens with one attached hydrogen (secondary N) is 1. The zero-order valence-corrected chi connectivity index (χ0v) is 9.25. The summed E-state index contributed by atoms with van der Waals surface area (Å²) in [6.07, 6.45) is 9.44. The normalized spacial score (nSPS) is 36.1. The molecule has 0 radical (unpaired) electrons. The van der Waals surface area contributed by atoms with Gasteiger partial charge < -0.3 is 10.1 Å². The second kappa shape index (κ2) is 4.03. The van der Waals surface area contributed by atoms with Crippen LogP contribution in [0, 0.1) is 0 Å². The fourth-order valence-corrected chi connectivity index (χ4v) is 2.40. The molecule has 2 nitrogen and oxygen atoms in total. The standard InChI is InChI=1S/C12H21NO/c1-12(2)11(8-9-14-12)13-10-6-4-3-5-7-10/h3-4,10-11,13H,5-9H2,1-2H3. The van der Waals surface area contributed by atoms with Crippen molar-refractivity contribution < 1.29 is 4.74 Å². The van der Waals surface area contributed by atoms with E-state index in [1.165, 1.54) is 19.3 Å². The molecule has 1 aliphatic carbocycles. The maximum Gasteiger partial charge on any atom is 0.0779 e. The van der Waals surface area contributed by atoms with Crippen molar-refractivity contribution in [3.63, 3.8) is 0 Å². The van der Waals surface area contributed by atoms with Gasteiger partial charge in [0, 0.05) is 18.7 Å². The molecule has 1 fully saturated rings. The largest absolute Gasteiger partial charge is 0.374 e. The topological polar surface area (TPSA) is 21.3 Å². The molecule has 2 unspecified atom stereocenters. The highest BCUT2D eigenvalue weighted by atomic mass is 16.5. The molecule has 1 heterocycles. The van der Waals surface area contributed by atoms with Crippen LogP contribution in [0.25, 0.3) is 0 Å². The van der Waals surface area contributed by atoms with E-state index >= 15 is 0 Å². The molecule has 14 heavy (non-hydrogen) atoms. The summed E-state index contributed by atoms with van der Waals surface area (Å²) in [4.78, 5) is 0. The van der Waals surface area contributed by atoms with Crippen LogP contribution in [0.4, 0.5) is 0 Å². The average Bonchev–Trinajstić information content (AvgIpc) is 2.48. The van der Waals surface area contributed by atoms with Crippen molar-refractivity contribution in [1.82, 2.24) is 5.32 Å². The molecule has 0 aromatic carbocycles. The Kier molecular flexibility index (Phi) is 2.93. The zero-order valence-electron chi connectivity index (χ0n) is 9.25. The lowest BCUT2D eigenvalue weighted by molar-refractivity contribution is 0.0193. The predicted molar refractivity (Wildman–Crippen MR) is 58.4 cm³/mol. The summed E-state index contributed by atoms with van der Waals surface area (Å²) >= 11 is 0. The van der Waals surface area contributed by atoms with Gasteiger partial charge in [-0.3, -0.25) is 0 Å². The molecule has 2 aliphatic rings. The minimum Gasteiger partial charge on any atom is -0.374 e. The summed E-state index contributed by atoms with van der Waals surface area (Å²) in [5.74, 6) is 0. The van der Waals surface area contributed by atoms with Crippen molar-refractivity contribution in [1.29, 1.82) is 0 Å². The third kappa shape index (κ3) is 2.18. The number of hydrogen-bond acceptors (Lipinski definition) is 2. The quantitative estimate of drug-likeness (QED) is 0.682. The average molecular weight is 195 g/mol. The van der Waals surface area contributed by atoms with Crippen LogP contribution in [0.1, 0.15) is 39.5 Å². The Morgan fingerprint density at radius 2 is 2.14 bits per heavy atom. The summed E-state index contributed by atoms with van der Waals surface area (Å²) in [5.41, 5.74) is 0.0289. The van der Waals surface area contributed by atoms with Crippen molar-refractivity contribution in [3.05, 3.63) is 12.2 Å². The van der Waals surface area contributed by atoms with Crippen molar-refractivity contribution in [2.75, 3.05) is 6.61 Å². The predicted octanol–water partition coefficient (Wildman–Crippen LogP) is 2.25. The highest BCUT2D eigenvalue weighted by Gasteiger charge is 2.36. The van der Waals surface area contributed by atoms with E-state index in [0.29, 0.717) is 12.1 Å². The van der Waals surface area contributed by atoms with Crippen molar-refractivity contribution >= 4 is 0 Å². The van der Waals surface area contributed by atoms with Crippen molar-refractivity contribution in [2.45, 2.75) is 57.2 Å². The van der Waals surface area contributed by atoms with E-state index in [4.69, 9.17) is 4.74 Å². The molecule has 80 valence electrons. The number of hydrogen-bond donors (Lipinski definition) is 1. The molecule has 0 aromatic heterocycles. The molecule has 0 saturated carbocycles. The van der Waals surface area contributed by atoms with Crippen LogP contribution in [0.5, 0.6) is 0 Å². The Hall–Kier alpha value is -0.340. The molecule has 1 saturated heterocycles. The molecule has 0 aromatic rings. The smallest absolute Gasteiger partial charge is 0.0779 e. The summed E-state index contributed by atoms with van der Waals surface area (Å²) in [5, 5.41) is 3.73. The summed E-state index contributed by atoms with van der Waals surface area (Å²) in [6.45, 7) is 5.29. The van der Waals surface area contributed by atoms with Gasteiger partial charge >= 0.3 is 0 Å². The Balaban J connectivity index is 1.87. The molecule has 0 bridgehead atoms. The summed E-state index contributed by atoms with van der Waals surface area (Å²) < 4.78 is 5.71. The Morgan fingerprint density at radius 1 is 1.29 bits per heavy atom. The van der Waals surface area contributed by atoms with E-state index in [1.54, 1.807) is 0 Å². The first kappa shape index (κ1) is 10.2. The maximum absolute atomic E-state index is 5.71. The Morgan fingerprint density at radius 3 is 2.71 bits per heavy atom. The third-order valence-corrected chi connectivity index (χ3v) is 3.43. The van der Waals surface area contributed by atoms with Gasteiger partial charge in [-0.15, -0.1) is 0 Å². The van der Waals surface area contributed by atoms with E-state index in [0.717, 1.165) is 13.0 Å². The monoisotopic (exact) mass is 195 g/mol. The number of ether oxygens (including phenoxy) is 1. The van der Waals surface area contributed by atoms with Crippen LogP contribution in [-0.2, 0) is 4.74 Å².